The molecule has 152 valence electrons. The van der Waals surface area contributed by atoms with Crippen LogP contribution in [0.25, 0.3) is 0 Å². The van der Waals surface area contributed by atoms with Crippen molar-refractivity contribution >= 4 is 28.9 Å². The van der Waals surface area contributed by atoms with E-state index in [1.165, 1.54) is 19.3 Å². The molecular formula is C19H22ClNO7. The Morgan fingerprint density at radius 3 is 2.54 bits per heavy atom. The highest BCUT2D eigenvalue weighted by atomic mass is 35.5. The van der Waals surface area contributed by atoms with Crippen LogP contribution in [0.1, 0.15) is 18.9 Å². The zero-order chi connectivity index (χ0) is 20.8. The summed E-state index contributed by atoms with van der Waals surface area (Å²) in [5, 5.41) is 11.1. The van der Waals surface area contributed by atoms with Crippen molar-refractivity contribution in [2.24, 2.45) is 5.16 Å². The second-order valence-electron chi connectivity index (χ2n) is 5.24. The molecule has 1 atom stereocenters. The van der Waals surface area contributed by atoms with E-state index in [0.717, 1.165) is 5.56 Å². The molecule has 0 aliphatic heterocycles. The number of halogens is 1. The number of carbonyl (C=O) groups excluding carboxylic acids is 2. The molecule has 0 aromatic heterocycles. The quantitative estimate of drug-likeness (QED) is 0.156. The molecule has 0 radical (unpaired) electrons. The Kier molecular flexibility index (Phi) is 10.9. The highest BCUT2D eigenvalue weighted by Crippen LogP contribution is 2.11. The second kappa shape index (κ2) is 13.2. The smallest absolute Gasteiger partial charge is 0.479 e. The van der Waals surface area contributed by atoms with Crippen molar-refractivity contribution < 1.29 is 33.7 Å². The summed E-state index contributed by atoms with van der Waals surface area (Å²) in [6.07, 6.45) is 2.43. The van der Waals surface area contributed by atoms with E-state index in [0.29, 0.717) is 0 Å². The topological polar surface area (TPSA) is 104 Å². The molecule has 9 heteroatoms. The lowest BCUT2D eigenvalue weighted by molar-refractivity contribution is -0.152. The van der Waals surface area contributed by atoms with Crippen LogP contribution in [0.3, 0.4) is 0 Å². The molecule has 1 aromatic rings. The van der Waals surface area contributed by atoms with Crippen LogP contribution in [0.15, 0.2) is 59.5 Å². The fourth-order valence-corrected chi connectivity index (χ4v) is 1.98. The van der Waals surface area contributed by atoms with E-state index in [-0.39, 0.29) is 30.6 Å². The summed E-state index contributed by atoms with van der Waals surface area (Å²) in [4.78, 5) is 23.5. The largest absolute Gasteiger partial charge is 0.508 e. The monoisotopic (exact) mass is 411 g/mol. The molecule has 0 aliphatic rings. The van der Waals surface area contributed by atoms with Gasteiger partial charge in [-0.3, -0.25) is 0 Å². The fraction of sp³-hybridized carbons (Fsp3) is 0.316. The standard InChI is InChI=1S/C19H22ClNO7/c1-3-15(9-10-17(20)21-24)28-16(18(22)25-2)11-12-26-19(23)27-13-14-7-5-4-6-8-14/h3-10,16,24H,11-13H2,1-2H3/b10-9-,15-3+,21-17-. The summed E-state index contributed by atoms with van der Waals surface area (Å²) in [5.41, 5.74) is 0.824. The van der Waals surface area contributed by atoms with Gasteiger partial charge in [0.25, 0.3) is 0 Å². The molecule has 1 aromatic carbocycles. The lowest BCUT2D eigenvalue weighted by atomic mass is 10.2. The maximum Gasteiger partial charge on any atom is 0.508 e. The molecule has 0 saturated heterocycles. The third kappa shape index (κ3) is 9.09. The predicted molar refractivity (Wildman–Crippen MR) is 102 cm³/mol. The molecule has 1 unspecified atom stereocenters. The van der Waals surface area contributed by atoms with Crippen LogP contribution in [-0.4, -0.2) is 42.3 Å². The molecular weight excluding hydrogens is 390 g/mol. The average molecular weight is 412 g/mol. The molecule has 1 N–H and O–H groups in total. The van der Waals surface area contributed by atoms with Gasteiger partial charge >= 0.3 is 12.1 Å². The molecule has 0 bridgehead atoms. The zero-order valence-corrected chi connectivity index (χ0v) is 16.3. The van der Waals surface area contributed by atoms with Crippen molar-refractivity contribution in [3.8, 4) is 0 Å². The number of methoxy groups -OCH3 is 1. The summed E-state index contributed by atoms with van der Waals surface area (Å²) in [6, 6.07) is 9.14. The lowest BCUT2D eigenvalue weighted by Gasteiger charge is -2.17. The number of rotatable bonds is 10. The van der Waals surface area contributed by atoms with Crippen molar-refractivity contribution in [1.82, 2.24) is 0 Å². The molecule has 8 nitrogen and oxygen atoms in total. The van der Waals surface area contributed by atoms with Crippen molar-refractivity contribution in [2.45, 2.75) is 26.1 Å². The van der Waals surface area contributed by atoms with Gasteiger partial charge in [0.1, 0.15) is 12.4 Å². The second-order valence-corrected chi connectivity index (χ2v) is 5.63. The van der Waals surface area contributed by atoms with Gasteiger partial charge < -0.3 is 24.2 Å². The highest BCUT2D eigenvalue weighted by Gasteiger charge is 2.22. The number of nitrogens with zero attached hydrogens (tertiary/aromatic N) is 1. The van der Waals surface area contributed by atoms with E-state index in [4.69, 9.17) is 35.8 Å². The third-order valence-corrected chi connectivity index (χ3v) is 3.51. The summed E-state index contributed by atoms with van der Waals surface area (Å²) in [6.45, 7) is 1.64. The Morgan fingerprint density at radius 2 is 1.93 bits per heavy atom. The van der Waals surface area contributed by atoms with Crippen LogP contribution >= 0.6 is 11.6 Å². The molecule has 28 heavy (non-hydrogen) atoms. The first-order valence-corrected chi connectivity index (χ1v) is 8.67. The van der Waals surface area contributed by atoms with E-state index in [2.05, 4.69) is 5.16 Å². The van der Waals surface area contributed by atoms with Crippen molar-refractivity contribution in [3.05, 3.63) is 59.9 Å². The van der Waals surface area contributed by atoms with Gasteiger partial charge in [-0.25, -0.2) is 9.59 Å². The highest BCUT2D eigenvalue weighted by molar-refractivity contribution is 6.68. The molecule has 0 heterocycles. The molecule has 0 aliphatic carbocycles. The Hall–Kier alpha value is -3.00. The van der Waals surface area contributed by atoms with Crippen LogP contribution in [0.5, 0.6) is 0 Å². The molecule has 0 amide bonds. The summed E-state index contributed by atoms with van der Waals surface area (Å²) in [7, 11) is 1.22. The van der Waals surface area contributed by atoms with Gasteiger partial charge in [0.05, 0.1) is 13.7 Å². The van der Waals surface area contributed by atoms with E-state index in [1.54, 1.807) is 13.0 Å². The van der Waals surface area contributed by atoms with Crippen molar-refractivity contribution in [1.29, 1.82) is 0 Å². The number of hydrogen-bond donors (Lipinski definition) is 1. The molecule has 0 saturated carbocycles. The van der Waals surface area contributed by atoms with Crippen LogP contribution in [0.2, 0.25) is 0 Å². The Morgan fingerprint density at radius 1 is 1.21 bits per heavy atom. The Labute approximate surface area is 168 Å². The Bertz CT molecular complexity index is 716. The summed E-state index contributed by atoms with van der Waals surface area (Å²) < 4.78 is 20.2. The number of oxime groups is 1. The summed E-state index contributed by atoms with van der Waals surface area (Å²) in [5.74, 6) is -0.361. The van der Waals surface area contributed by atoms with Crippen molar-refractivity contribution in [2.75, 3.05) is 13.7 Å². The first kappa shape index (κ1) is 23.0. The maximum atomic E-state index is 11.9. The van der Waals surface area contributed by atoms with Gasteiger partial charge in [0.15, 0.2) is 11.3 Å². The molecule has 0 fully saturated rings. The normalized spacial score (nSPS) is 13.1. The van der Waals surface area contributed by atoms with E-state index < -0.39 is 18.2 Å². The van der Waals surface area contributed by atoms with Gasteiger partial charge in [-0.15, -0.1) is 0 Å². The minimum absolute atomic E-state index is 0.0418. The van der Waals surface area contributed by atoms with Crippen LogP contribution < -0.4 is 0 Å². The maximum absolute atomic E-state index is 11.9. The summed E-state index contributed by atoms with van der Waals surface area (Å²) >= 11 is 5.55. The number of carbonyl (C=O) groups is 2. The van der Waals surface area contributed by atoms with E-state index in [1.807, 2.05) is 30.3 Å². The molecule has 1 rings (SSSR count). The van der Waals surface area contributed by atoms with Gasteiger partial charge in [-0.05, 0) is 30.7 Å². The lowest BCUT2D eigenvalue weighted by Crippen LogP contribution is -2.27. The van der Waals surface area contributed by atoms with Gasteiger partial charge in [-0.2, -0.15) is 0 Å². The first-order valence-electron chi connectivity index (χ1n) is 8.30. The zero-order valence-electron chi connectivity index (χ0n) is 15.5. The number of benzene rings is 1. The van der Waals surface area contributed by atoms with Crippen LogP contribution in [-0.2, 0) is 30.3 Å². The number of ether oxygens (including phenoxy) is 4. The number of hydrogen-bond acceptors (Lipinski definition) is 8. The SMILES string of the molecule is C\C=C(/C=C\C(Cl)=N\O)OC(CCOC(=O)OCc1ccccc1)C(=O)OC. The minimum atomic E-state index is -1.02. The molecule has 0 spiro atoms. The van der Waals surface area contributed by atoms with Gasteiger partial charge in [0.2, 0.25) is 0 Å². The predicted octanol–water partition coefficient (Wildman–Crippen LogP) is 3.77. The minimum Gasteiger partial charge on any atom is -0.479 e. The third-order valence-electron chi connectivity index (χ3n) is 3.31. The number of allylic oxidation sites excluding steroid dienone is 3. The van der Waals surface area contributed by atoms with Crippen LogP contribution in [0, 0.1) is 0 Å². The number of esters is 1. The first-order chi connectivity index (χ1) is 13.5. The fourth-order valence-electron chi connectivity index (χ4n) is 1.92. The van der Waals surface area contributed by atoms with E-state index in [9.17, 15) is 9.59 Å². The van der Waals surface area contributed by atoms with Gasteiger partial charge in [0, 0.05) is 6.42 Å². The van der Waals surface area contributed by atoms with Gasteiger partial charge in [-0.1, -0.05) is 47.1 Å². The Balaban J connectivity index is 2.51. The average Bonchev–Trinajstić information content (AvgIpc) is 2.73. The van der Waals surface area contributed by atoms with E-state index >= 15 is 0 Å². The van der Waals surface area contributed by atoms with Crippen molar-refractivity contribution in [3.63, 3.8) is 0 Å². The van der Waals surface area contributed by atoms with Crippen LogP contribution in [0.4, 0.5) is 4.79 Å².